The summed E-state index contributed by atoms with van der Waals surface area (Å²) in [5, 5.41) is 0. The van der Waals surface area contributed by atoms with Crippen molar-refractivity contribution in [2.75, 3.05) is 25.0 Å². The first-order chi connectivity index (χ1) is 8.63. The molecule has 98 valence electrons. The van der Waals surface area contributed by atoms with E-state index in [4.69, 9.17) is 5.73 Å². The van der Waals surface area contributed by atoms with Gasteiger partial charge in [0.25, 0.3) is 0 Å². The molecule has 0 aromatic heterocycles. The second kappa shape index (κ2) is 5.40. The Hall–Kier alpha value is -1.55. The molecule has 0 saturated carbocycles. The van der Waals surface area contributed by atoms with Crippen molar-refractivity contribution in [3.63, 3.8) is 0 Å². The van der Waals surface area contributed by atoms with E-state index in [9.17, 15) is 4.79 Å². The van der Waals surface area contributed by atoms with E-state index in [1.807, 2.05) is 24.0 Å². The quantitative estimate of drug-likeness (QED) is 0.854. The fraction of sp³-hybridized carbons (Fsp3) is 0.500. The van der Waals surface area contributed by atoms with Gasteiger partial charge in [0.2, 0.25) is 5.91 Å². The van der Waals surface area contributed by atoms with Gasteiger partial charge >= 0.3 is 0 Å². The number of hydrogen-bond donors (Lipinski definition) is 1. The van der Waals surface area contributed by atoms with Crippen molar-refractivity contribution in [1.29, 1.82) is 0 Å². The van der Waals surface area contributed by atoms with E-state index in [0.717, 1.165) is 13.1 Å². The van der Waals surface area contributed by atoms with Gasteiger partial charge in [-0.3, -0.25) is 4.79 Å². The number of nitrogens with two attached hydrogens (primary N) is 1. The maximum atomic E-state index is 12.2. The van der Waals surface area contributed by atoms with Crippen molar-refractivity contribution >= 4 is 11.6 Å². The summed E-state index contributed by atoms with van der Waals surface area (Å²) < 4.78 is 0. The van der Waals surface area contributed by atoms with Crippen LogP contribution in [0.2, 0.25) is 0 Å². The van der Waals surface area contributed by atoms with Crippen LogP contribution in [0.1, 0.15) is 18.9 Å². The molecule has 0 bridgehead atoms. The number of fused-ring (bicyclic) bond motifs is 1. The molecule has 0 spiro atoms. The summed E-state index contributed by atoms with van der Waals surface area (Å²) in [7, 11) is 2.06. The number of rotatable bonds is 2. The predicted octanol–water partition coefficient (Wildman–Crippen LogP) is 1.20. The number of hydrogen-bond acceptors (Lipinski definition) is 3. The van der Waals surface area contributed by atoms with Gasteiger partial charge in [-0.15, -0.1) is 0 Å². The maximum Gasteiger partial charge on any atom is 0.239 e. The molecular formula is C14H21N3O. The molecule has 0 fully saturated rings. The number of carbonyl (C=O) groups excluding carboxylic acids is 1. The summed E-state index contributed by atoms with van der Waals surface area (Å²) in [6, 6.07) is 7.85. The average Bonchev–Trinajstić information content (AvgIpc) is 2.57. The van der Waals surface area contributed by atoms with Crippen LogP contribution in [0.4, 0.5) is 5.69 Å². The summed E-state index contributed by atoms with van der Waals surface area (Å²) in [5.74, 6) is 0.0580. The molecule has 0 saturated heterocycles. The van der Waals surface area contributed by atoms with Crippen LogP contribution in [0, 0.1) is 0 Å². The molecule has 1 aliphatic rings. The van der Waals surface area contributed by atoms with Gasteiger partial charge in [-0.05, 0) is 18.1 Å². The van der Waals surface area contributed by atoms with Crippen LogP contribution in [-0.2, 0) is 11.3 Å². The van der Waals surface area contributed by atoms with Gasteiger partial charge < -0.3 is 15.5 Å². The maximum absolute atomic E-state index is 12.2. The van der Waals surface area contributed by atoms with Crippen LogP contribution >= 0.6 is 0 Å². The third-order valence-electron chi connectivity index (χ3n) is 3.54. The van der Waals surface area contributed by atoms with Crippen molar-refractivity contribution in [3.8, 4) is 0 Å². The fourth-order valence-corrected chi connectivity index (χ4v) is 2.29. The summed E-state index contributed by atoms with van der Waals surface area (Å²) >= 11 is 0. The number of anilines is 1. The van der Waals surface area contributed by atoms with Crippen molar-refractivity contribution in [2.24, 2.45) is 5.73 Å². The number of nitrogens with zero attached hydrogens (tertiary/aromatic N) is 2. The molecule has 2 N–H and O–H groups in total. The van der Waals surface area contributed by atoms with Crippen LogP contribution in [-0.4, -0.2) is 37.0 Å². The molecular weight excluding hydrogens is 226 g/mol. The van der Waals surface area contributed by atoms with Crippen molar-refractivity contribution in [2.45, 2.75) is 25.9 Å². The first-order valence-electron chi connectivity index (χ1n) is 6.47. The monoisotopic (exact) mass is 247 g/mol. The Labute approximate surface area is 108 Å². The molecule has 4 heteroatoms. The Balaban J connectivity index is 2.22. The molecule has 1 atom stereocenters. The van der Waals surface area contributed by atoms with E-state index in [1.165, 1.54) is 11.3 Å². The second-order valence-electron chi connectivity index (χ2n) is 4.82. The van der Waals surface area contributed by atoms with Crippen LogP contribution in [0.25, 0.3) is 0 Å². The van der Waals surface area contributed by atoms with Crippen LogP contribution in [0.5, 0.6) is 0 Å². The zero-order chi connectivity index (χ0) is 13.1. The predicted molar refractivity (Wildman–Crippen MR) is 73.4 cm³/mol. The summed E-state index contributed by atoms with van der Waals surface area (Å²) in [6.45, 7) is 4.18. The summed E-state index contributed by atoms with van der Waals surface area (Å²) in [4.78, 5) is 16.2. The minimum atomic E-state index is -0.374. The topological polar surface area (TPSA) is 49.6 Å². The van der Waals surface area contributed by atoms with E-state index in [2.05, 4.69) is 24.1 Å². The molecule has 2 rings (SSSR count). The van der Waals surface area contributed by atoms with Gasteiger partial charge in [-0.2, -0.15) is 0 Å². The van der Waals surface area contributed by atoms with Gasteiger partial charge in [0.1, 0.15) is 0 Å². The highest BCUT2D eigenvalue weighted by Crippen LogP contribution is 2.23. The van der Waals surface area contributed by atoms with Gasteiger partial charge in [0.15, 0.2) is 0 Å². The minimum Gasteiger partial charge on any atom is -0.373 e. The third-order valence-corrected chi connectivity index (χ3v) is 3.54. The van der Waals surface area contributed by atoms with E-state index >= 15 is 0 Å². The first-order valence-corrected chi connectivity index (χ1v) is 6.47. The number of para-hydroxylation sites is 1. The number of benzene rings is 1. The number of likely N-dealkylation sites (N-methyl/N-ethyl adjacent to an activating group) is 1. The van der Waals surface area contributed by atoms with Crippen molar-refractivity contribution < 1.29 is 4.79 Å². The van der Waals surface area contributed by atoms with E-state index in [0.29, 0.717) is 13.0 Å². The molecule has 1 heterocycles. The highest BCUT2D eigenvalue weighted by Gasteiger charge is 2.23. The molecule has 0 unspecified atom stereocenters. The van der Waals surface area contributed by atoms with Gasteiger partial charge in [0, 0.05) is 32.4 Å². The third kappa shape index (κ3) is 2.48. The smallest absolute Gasteiger partial charge is 0.239 e. The van der Waals surface area contributed by atoms with Gasteiger partial charge in [-0.1, -0.05) is 25.1 Å². The van der Waals surface area contributed by atoms with Crippen molar-refractivity contribution in [3.05, 3.63) is 29.8 Å². The average molecular weight is 247 g/mol. The lowest BCUT2D eigenvalue weighted by molar-refractivity contribution is -0.133. The standard InChI is InChI=1S/C14H21N3O/c1-3-12(15)14(18)17-9-8-16(2)13-7-5-4-6-11(13)10-17/h4-7,12H,3,8-10,15H2,1-2H3/t12-/m0/s1. The van der Waals surface area contributed by atoms with E-state index in [1.54, 1.807) is 0 Å². The summed E-state index contributed by atoms with van der Waals surface area (Å²) in [5.41, 5.74) is 8.24. The van der Waals surface area contributed by atoms with E-state index in [-0.39, 0.29) is 11.9 Å². The molecule has 0 radical (unpaired) electrons. The Morgan fingerprint density at radius 2 is 2.11 bits per heavy atom. The molecule has 1 aliphatic heterocycles. The van der Waals surface area contributed by atoms with Gasteiger partial charge in [0.05, 0.1) is 6.04 Å². The number of carbonyl (C=O) groups is 1. The Kier molecular flexibility index (Phi) is 3.87. The zero-order valence-electron chi connectivity index (χ0n) is 11.1. The lowest BCUT2D eigenvalue weighted by atomic mass is 10.1. The van der Waals surface area contributed by atoms with Crippen LogP contribution in [0.15, 0.2) is 24.3 Å². The van der Waals surface area contributed by atoms with Crippen molar-refractivity contribution in [1.82, 2.24) is 4.90 Å². The highest BCUT2D eigenvalue weighted by molar-refractivity contribution is 5.82. The second-order valence-corrected chi connectivity index (χ2v) is 4.82. The first kappa shape index (κ1) is 12.9. The highest BCUT2D eigenvalue weighted by atomic mass is 16.2. The molecule has 1 aromatic rings. The lowest BCUT2D eigenvalue weighted by Crippen LogP contribution is -2.44. The lowest BCUT2D eigenvalue weighted by Gasteiger charge is -2.23. The van der Waals surface area contributed by atoms with Crippen LogP contribution in [0.3, 0.4) is 0 Å². The Morgan fingerprint density at radius 1 is 1.39 bits per heavy atom. The Bertz CT molecular complexity index is 433. The fourth-order valence-electron chi connectivity index (χ4n) is 2.29. The molecule has 0 aliphatic carbocycles. The molecule has 1 amide bonds. The number of amides is 1. The summed E-state index contributed by atoms with van der Waals surface area (Å²) in [6.07, 6.45) is 0.687. The minimum absolute atomic E-state index is 0.0580. The molecule has 1 aromatic carbocycles. The van der Waals surface area contributed by atoms with Gasteiger partial charge in [-0.25, -0.2) is 0 Å². The van der Waals surface area contributed by atoms with Crippen LogP contribution < -0.4 is 10.6 Å². The zero-order valence-corrected chi connectivity index (χ0v) is 11.1. The van der Waals surface area contributed by atoms with E-state index < -0.39 is 0 Å². The Morgan fingerprint density at radius 3 is 2.83 bits per heavy atom. The molecule has 4 nitrogen and oxygen atoms in total. The SMILES string of the molecule is CC[C@H](N)C(=O)N1CCN(C)c2ccccc2C1. The molecule has 18 heavy (non-hydrogen) atoms. The normalized spacial score (nSPS) is 17.1. The largest absolute Gasteiger partial charge is 0.373 e.